The maximum atomic E-state index is 13.3. The van der Waals surface area contributed by atoms with Crippen molar-refractivity contribution in [3.63, 3.8) is 0 Å². The zero-order valence-corrected chi connectivity index (χ0v) is 13.8. The van der Waals surface area contributed by atoms with Crippen LogP contribution in [0.5, 0.6) is 0 Å². The number of esters is 1. The number of nitrogens with one attached hydrogen (secondary N) is 1. The second-order valence-corrected chi connectivity index (χ2v) is 6.04. The molecule has 0 aliphatic rings. The molecule has 1 unspecified atom stereocenters. The van der Waals surface area contributed by atoms with Gasteiger partial charge in [-0.1, -0.05) is 13.2 Å². The van der Waals surface area contributed by atoms with E-state index < -0.39 is 57.6 Å². The zero-order chi connectivity index (χ0) is 22.8. The Morgan fingerprint density at radius 1 is 1.07 bits per heavy atom. The first-order valence-corrected chi connectivity index (χ1v) is 7.59. The Balaban J connectivity index is 6.27. The molecule has 0 aromatic heterocycles. The van der Waals surface area contributed by atoms with Crippen LogP contribution >= 0.6 is 0 Å². The highest BCUT2D eigenvalue weighted by molar-refractivity contribution is 7.86. The van der Waals surface area contributed by atoms with Crippen molar-refractivity contribution in [2.24, 2.45) is 0 Å². The van der Waals surface area contributed by atoms with E-state index in [1.54, 1.807) is 0 Å². The molecular formula is C11H8F8NO7S-. The van der Waals surface area contributed by atoms with E-state index in [-0.39, 0.29) is 6.20 Å². The lowest BCUT2D eigenvalue weighted by molar-refractivity contribution is -0.353. The molecule has 0 heterocycles. The van der Waals surface area contributed by atoms with Gasteiger partial charge in [0.25, 0.3) is 0 Å². The van der Waals surface area contributed by atoms with Crippen LogP contribution in [0.25, 0.3) is 0 Å². The third kappa shape index (κ3) is 5.61. The lowest BCUT2D eigenvalue weighted by atomic mass is 10.2. The van der Waals surface area contributed by atoms with E-state index in [4.69, 9.17) is 0 Å². The first kappa shape index (κ1) is 25.7. The maximum absolute atomic E-state index is 13.3. The van der Waals surface area contributed by atoms with Crippen LogP contribution in [0, 0.1) is 0 Å². The quantitative estimate of drug-likeness (QED) is 0.195. The van der Waals surface area contributed by atoms with Crippen molar-refractivity contribution in [2.75, 3.05) is 6.61 Å². The fourth-order valence-electron chi connectivity index (χ4n) is 1.16. The molecule has 0 saturated carbocycles. The number of alkyl halides is 8. The van der Waals surface area contributed by atoms with Gasteiger partial charge in [-0.25, -0.2) is 13.2 Å². The van der Waals surface area contributed by atoms with Crippen LogP contribution in [0.4, 0.5) is 35.1 Å². The van der Waals surface area contributed by atoms with E-state index in [0.717, 1.165) is 5.32 Å². The second kappa shape index (κ2) is 8.00. The summed E-state index contributed by atoms with van der Waals surface area (Å²) in [5.41, 5.74) is -2.60. The lowest BCUT2D eigenvalue weighted by Gasteiger charge is -2.34. The fraction of sp³-hybridized carbons (Fsp3) is 0.455. The minimum Gasteiger partial charge on any atom is -0.743 e. The van der Waals surface area contributed by atoms with Gasteiger partial charge in [-0.2, -0.15) is 35.1 Å². The van der Waals surface area contributed by atoms with E-state index in [1.807, 2.05) is 0 Å². The summed E-state index contributed by atoms with van der Waals surface area (Å²) in [6, 6.07) is 0. The highest BCUT2D eigenvalue weighted by Gasteiger charge is 2.68. The molecule has 0 fully saturated rings. The van der Waals surface area contributed by atoms with Crippen molar-refractivity contribution in [1.82, 2.24) is 5.32 Å². The Bertz CT molecular complexity index is 758. The van der Waals surface area contributed by atoms with Gasteiger partial charge in [-0.15, -0.1) is 0 Å². The summed E-state index contributed by atoms with van der Waals surface area (Å²) >= 11 is 0. The molecule has 1 amide bonds. The van der Waals surface area contributed by atoms with Gasteiger partial charge in [0.1, 0.15) is 12.2 Å². The van der Waals surface area contributed by atoms with Crippen LogP contribution in [0.3, 0.4) is 0 Å². The Kier molecular flexibility index (Phi) is 7.35. The number of ether oxygens (including phenoxy) is 2. The normalized spacial score (nSPS) is 15.3. The number of hydrogen-bond donors (Lipinski definition) is 1. The molecule has 0 radical (unpaired) electrons. The van der Waals surface area contributed by atoms with Gasteiger partial charge in [0, 0.05) is 0 Å². The first-order valence-electron chi connectivity index (χ1n) is 6.18. The second-order valence-electron chi connectivity index (χ2n) is 4.54. The van der Waals surface area contributed by atoms with Crippen molar-refractivity contribution in [3.8, 4) is 0 Å². The molecule has 8 nitrogen and oxygen atoms in total. The topological polar surface area (TPSA) is 122 Å². The summed E-state index contributed by atoms with van der Waals surface area (Å²) in [5, 5.41) is -4.52. The molecular weight excluding hydrogens is 442 g/mol. The number of hydrogen-bond acceptors (Lipinski definition) is 7. The molecule has 17 heteroatoms. The van der Waals surface area contributed by atoms with Gasteiger partial charge >= 0.3 is 35.3 Å². The summed E-state index contributed by atoms with van der Waals surface area (Å²) < 4.78 is 141. The Hall–Kier alpha value is -2.27. The van der Waals surface area contributed by atoms with E-state index in [9.17, 15) is 57.7 Å². The number of rotatable bonds is 8. The molecule has 0 spiro atoms. The molecule has 0 aromatic carbocycles. The van der Waals surface area contributed by atoms with Crippen molar-refractivity contribution >= 4 is 22.0 Å². The molecule has 1 N–H and O–H groups in total. The Morgan fingerprint density at radius 3 is 1.86 bits per heavy atom. The zero-order valence-electron chi connectivity index (χ0n) is 13.0. The molecule has 162 valence electrons. The minimum atomic E-state index is -6.64. The van der Waals surface area contributed by atoms with Gasteiger partial charge in [-0.3, -0.25) is 4.79 Å². The van der Waals surface area contributed by atoms with E-state index >= 15 is 0 Å². The van der Waals surface area contributed by atoms with Crippen molar-refractivity contribution in [3.05, 3.63) is 24.9 Å². The summed E-state index contributed by atoms with van der Waals surface area (Å²) in [4.78, 5) is 22.9. The largest absolute Gasteiger partial charge is 0.743 e. The molecule has 1 atom stereocenters. The van der Waals surface area contributed by atoms with Crippen LogP contribution in [-0.4, -0.2) is 54.8 Å². The van der Waals surface area contributed by atoms with Crippen molar-refractivity contribution in [2.45, 2.75) is 23.4 Å². The highest BCUT2D eigenvalue weighted by atomic mass is 32.2. The Morgan fingerprint density at radius 2 is 1.54 bits per heavy atom. The predicted octanol–water partition coefficient (Wildman–Crippen LogP) is 1.32. The van der Waals surface area contributed by atoms with E-state index in [0.29, 0.717) is 0 Å². The van der Waals surface area contributed by atoms with Gasteiger partial charge < -0.3 is 19.3 Å². The fourth-order valence-corrected chi connectivity index (χ4v) is 1.37. The minimum absolute atomic E-state index is 0.168. The van der Waals surface area contributed by atoms with Crippen LogP contribution in [0.15, 0.2) is 24.9 Å². The smallest absolute Gasteiger partial charge is 0.466 e. The van der Waals surface area contributed by atoms with Gasteiger partial charge in [0.2, 0.25) is 0 Å². The van der Waals surface area contributed by atoms with Crippen LogP contribution in [0.1, 0.15) is 0 Å². The summed E-state index contributed by atoms with van der Waals surface area (Å²) in [6.45, 7) is 1.77. The highest BCUT2D eigenvalue weighted by Crippen LogP contribution is 2.39. The van der Waals surface area contributed by atoms with E-state index in [1.165, 1.54) is 0 Å². The summed E-state index contributed by atoms with van der Waals surface area (Å²) in [6.07, 6.45) is -11.8. The first-order chi connectivity index (χ1) is 12.2. The maximum Gasteiger partial charge on any atom is 0.466 e. The van der Waals surface area contributed by atoms with Gasteiger partial charge in [0.15, 0.2) is 10.1 Å². The summed E-state index contributed by atoms with van der Waals surface area (Å²) in [5.74, 6) is -10.9. The standard InChI is InChI=1S/C11H9F8NO7S/c1-3-20-7(22)9(11(17,18)19,26-4-8(12,13)28(23,24)25)27-6(21)5(2)10(14,15)16/h3H,1-2,4H2,(H,20,22)(H,23,24,25)/p-1. The average molecular weight is 450 g/mol. The van der Waals surface area contributed by atoms with Crippen molar-refractivity contribution in [1.29, 1.82) is 0 Å². The number of carbonyl (C=O) groups excluding carboxylic acids is 2. The van der Waals surface area contributed by atoms with Gasteiger partial charge in [0.05, 0.1) is 0 Å². The average Bonchev–Trinajstić information content (AvgIpc) is 2.47. The molecule has 0 aromatic rings. The molecule has 0 rings (SSSR count). The number of halogens is 8. The molecule has 0 aliphatic carbocycles. The number of carbonyl (C=O) groups is 2. The predicted molar refractivity (Wildman–Crippen MR) is 69.0 cm³/mol. The lowest BCUT2D eigenvalue weighted by Crippen LogP contribution is -2.62. The monoisotopic (exact) mass is 450 g/mol. The molecule has 0 aliphatic heterocycles. The van der Waals surface area contributed by atoms with Crippen molar-refractivity contribution < 1.29 is 67.2 Å². The molecule has 0 saturated heterocycles. The SMILES string of the molecule is C=CNC(=O)C(OCC(F)(F)S(=O)(=O)[O-])(OC(=O)C(=C)C(F)(F)F)C(F)(F)F. The Labute approximate surface area is 150 Å². The molecule has 0 bridgehead atoms. The number of amides is 1. The van der Waals surface area contributed by atoms with Gasteiger partial charge in [-0.05, 0) is 6.20 Å². The van der Waals surface area contributed by atoms with E-state index in [2.05, 4.69) is 22.6 Å². The van der Waals surface area contributed by atoms with Crippen LogP contribution in [-0.2, 0) is 29.2 Å². The van der Waals surface area contributed by atoms with Crippen LogP contribution in [0.2, 0.25) is 0 Å². The molecule has 28 heavy (non-hydrogen) atoms. The van der Waals surface area contributed by atoms with Crippen LogP contribution < -0.4 is 5.32 Å². The third-order valence-corrected chi connectivity index (χ3v) is 3.39. The summed E-state index contributed by atoms with van der Waals surface area (Å²) in [7, 11) is -6.64. The third-order valence-electron chi connectivity index (χ3n) is 2.54.